The van der Waals surface area contributed by atoms with Gasteiger partial charge in [-0.05, 0) is 18.4 Å². The number of nitrogens with two attached hydrogens (primary N) is 1. The van der Waals surface area contributed by atoms with E-state index in [4.69, 9.17) is 10.7 Å². The van der Waals surface area contributed by atoms with Gasteiger partial charge in [-0.1, -0.05) is 20.3 Å². The van der Waals surface area contributed by atoms with Gasteiger partial charge < -0.3 is 5.73 Å². The molecule has 0 aliphatic heterocycles. The first-order valence-electron chi connectivity index (χ1n) is 9.08. The molecule has 0 amide bonds. The van der Waals surface area contributed by atoms with E-state index in [1.54, 1.807) is 35.1 Å². The van der Waals surface area contributed by atoms with E-state index < -0.39 is 10.8 Å². The molecule has 4 aromatic rings. The zero-order valence-electron chi connectivity index (χ0n) is 15.6. The van der Waals surface area contributed by atoms with Crippen molar-refractivity contribution in [2.45, 2.75) is 37.3 Å². The van der Waals surface area contributed by atoms with Crippen LogP contribution in [0.1, 0.15) is 32.3 Å². The molecule has 4 aromatic heterocycles. The van der Waals surface area contributed by atoms with E-state index in [2.05, 4.69) is 23.8 Å². The molecule has 1 atom stereocenters. The molecule has 0 bridgehead atoms. The van der Waals surface area contributed by atoms with E-state index in [-0.39, 0.29) is 0 Å². The maximum atomic E-state index is 12.9. The number of hydrogen-bond donors (Lipinski definition) is 1. The second-order valence-corrected chi connectivity index (χ2v) is 10.8. The van der Waals surface area contributed by atoms with Crippen LogP contribution in [0.5, 0.6) is 0 Å². The van der Waals surface area contributed by atoms with E-state index >= 15 is 0 Å². The minimum atomic E-state index is -1.11. The number of hydrogen-bond acceptors (Lipinski definition) is 8. The Kier molecular flexibility index (Phi) is 5.86. The Hall–Kier alpha value is -1.68. The fourth-order valence-electron chi connectivity index (χ4n) is 3.15. The molecule has 0 radical (unpaired) electrons. The average molecular weight is 449 g/mol. The van der Waals surface area contributed by atoms with Gasteiger partial charge in [-0.15, -0.1) is 34.0 Å². The van der Waals surface area contributed by atoms with Crippen LogP contribution in [0.15, 0.2) is 27.4 Å². The van der Waals surface area contributed by atoms with Gasteiger partial charge in [-0.25, -0.2) is 15.0 Å². The zero-order chi connectivity index (χ0) is 19.7. The Balaban J connectivity index is 2.03. The summed E-state index contributed by atoms with van der Waals surface area (Å²) < 4.78 is 13.6. The Bertz CT molecular complexity index is 1120. The van der Waals surface area contributed by atoms with Crippen molar-refractivity contribution in [1.82, 2.24) is 15.0 Å². The van der Waals surface area contributed by atoms with Crippen molar-refractivity contribution in [1.29, 1.82) is 0 Å². The topological polar surface area (TPSA) is 81.8 Å². The number of thiazole rings is 2. The van der Waals surface area contributed by atoms with Crippen molar-refractivity contribution in [3.05, 3.63) is 28.7 Å². The molecule has 0 aromatic carbocycles. The van der Waals surface area contributed by atoms with Crippen LogP contribution < -0.4 is 5.73 Å². The van der Waals surface area contributed by atoms with Crippen LogP contribution >= 0.6 is 34.0 Å². The highest BCUT2D eigenvalue weighted by Crippen LogP contribution is 2.46. The van der Waals surface area contributed by atoms with Crippen molar-refractivity contribution in [2.24, 2.45) is 0 Å². The molecule has 0 spiro atoms. The molecule has 9 heteroatoms. The van der Waals surface area contributed by atoms with Crippen LogP contribution in [-0.4, -0.2) is 24.9 Å². The van der Waals surface area contributed by atoms with Crippen LogP contribution in [0, 0.1) is 0 Å². The number of fused-ring (bicyclic) bond motifs is 1. The number of rotatable bonds is 7. The molecule has 0 fully saturated rings. The lowest BCUT2D eigenvalue weighted by Gasteiger charge is -2.12. The lowest BCUT2D eigenvalue weighted by Crippen LogP contribution is -2.00. The largest absolute Gasteiger partial charge is 0.396 e. The number of pyridine rings is 1. The number of nitrogen functional groups attached to an aromatic ring is 1. The first-order chi connectivity index (χ1) is 13.7. The Labute approximate surface area is 178 Å². The van der Waals surface area contributed by atoms with E-state index in [1.807, 2.05) is 10.8 Å². The van der Waals surface area contributed by atoms with Crippen molar-refractivity contribution in [3.8, 4) is 21.3 Å². The summed E-state index contributed by atoms with van der Waals surface area (Å²) in [5.41, 5.74) is 10.1. The van der Waals surface area contributed by atoms with Crippen molar-refractivity contribution in [2.75, 3.05) is 11.5 Å². The SMILES string of the molecule is CCCCS(=O)c1sc2nc(-c3nccs3)c(CC)c(-c3nccs3)c2c1N. The zero-order valence-corrected chi connectivity index (χ0v) is 18.9. The summed E-state index contributed by atoms with van der Waals surface area (Å²) in [5, 5.41) is 6.61. The molecule has 146 valence electrons. The van der Waals surface area contributed by atoms with Gasteiger partial charge in [-0.2, -0.15) is 0 Å². The van der Waals surface area contributed by atoms with E-state index in [0.717, 1.165) is 60.5 Å². The highest BCUT2D eigenvalue weighted by atomic mass is 32.2. The van der Waals surface area contributed by atoms with Gasteiger partial charge in [0, 0.05) is 39.9 Å². The first kappa shape index (κ1) is 19.6. The number of thiophene rings is 1. The van der Waals surface area contributed by atoms with E-state index in [9.17, 15) is 4.21 Å². The predicted molar refractivity (Wildman–Crippen MR) is 122 cm³/mol. The third kappa shape index (κ3) is 3.41. The van der Waals surface area contributed by atoms with Gasteiger partial charge in [0.1, 0.15) is 24.7 Å². The van der Waals surface area contributed by atoms with Gasteiger partial charge in [0.25, 0.3) is 0 Å². The molecule has 0 aliphatic rings. The minimum absolute atomic E-state index is 0.590. The molecular weight excluding hydrogens is 429 g/mol. The molecule has 5 nitrogen and oxygen atoms in total. The molecule has 2 N–H and O–H groups in total. The fraction of sp³-hybridized carbons (Fsp3) is 0.316. The van der Waals surface area contributed by atoms with Crippen molar-refractivity contribution < 1.29 is 4.21 Å². The summed E-state index contributed by atoms with van der Waals surface area (Å²) in [6, 6.07) is 0. The van der Waals surface area contributed by atoms with Crippen LogP contribution in [0.4, 0.5) is 5.69 Å². The van der Waals surface area contributed by atoms with Crippen molar-refractivity contribution >= 4 is 60.7 Å². The monoisotopic (exact) mass is 448 g/mol. The second-order valence-electron chi connectivity index (χ2n) is 6.23. The highest BCUT2D eigenvalue weighted by Gasteiger charge is 2.25. The minimum Gasteiger partial charge on any atom is -0.396 e. The Morgan fingerprint density at radius 2 is 1.82 bits per heavy atom. The van der Waals surface area contributed by atoms with Gasteiger partial charge in [-0.3, -0.25) is 4.21 Å². The molecule has 4 rings (SSSR count). The summed E-state index contributed by atoms with van der Waals surface area (Å²) in [4.78, 5) is 14.8. The summed E-state index contributed by atoms with van der Waals surface area (Å²) >= 11 is 4.60. The quantitative estimate of drug-likeness (QED) is 0.398. The molecular formula is C19H20N4OS4. The van der Waals surface area contributed by atoms with Crippen LogP contribution in [0.2, 0.25) is 0 Å². The third-order valence-corrected chi connectivity index (χ3v) is 9.03. The lowest BCUT2D eigenvalue weighted by atomic mass is 10.0. The van der Waals surface area contributed by atoms with Crippen LogP contribution in [-0.2, 0) is 17.2 Å². The lowest BCUT2D eigenvalue weighted by molar-refractivity contribution is 0.681. The maximum absolute atomic E-state index is 12.9. The molecule has 0 saturated heterocycles. The number of nitrogens with zero attached hydrogens (tertiary/aromatic N) is 3. The van der Waals surface area contributed by atoms with Crippen molar-refractivity contribution in [3.63, 3.8) is 0 Å². The standard InChI is InChI=1S/C19H20N4OS4/c1-3-5-10-28(24)19-14(20)13-12(16-21-6-8-25-16)11(4-2)15(23-17(13)27-19)18-22-7-9-26-18/h6-9H,3-5,10,20H2,1-2H3. The molecule has 4 heterocycles. The van der Waals surface area contributed by atoms with E-state index in [1.165, 1.54) is 11.3 Å². The van der Waals surface area contributed by atoms with Gasteiger partial charge >= 0.3 is 0 Å². The number of anilines is 1. The van der Waals surface area contributed by atoms with Crippen LogP contribution in [0.25, 0.3) is 31.5 Å². The smallest absolute Gasteiger partial charge is 0.142 e. The van der Waals surface area contributed by atoms with Gasteiger partial charge in [0.05, 0.1) is 16.5 Å². The summed E-state index contributed by atoms with van der Waals surface area (Å²) in [7, 11) is -1.11. The summed E-state index contributed by atoms with van der Waals surface area (Å²) in [5.74, 6) is 0.625. The Morgan fingerprint density at radius 1 is 1.11 bits per heavy atom. The maximum Gasteiger partial charge on any atom is 0.142 e. The van der Waals surface area contributed by atoms with Gasteiger partial charge in [0.15, 0.2) is 0 Å². The predicted octanol–water partition coefficient (Wildman–Crippen LogP) is 5.60. The second kappa shape index (κ2) is 8.36. The highest BCUT2D eigenvalue weighted by molar-refractivity contribution is 7.87. The molecule has 1 unspecified atom stereocenters. The molecule has 0 saturated carbocycles. The average Bonchev–Trinajstić information content (AvgIpc) is 3.46. The number of aromatic nitrogens is 3. The summed E-state index contributed by atoms with van der Waals surface area (Å²) in [6.45, 7) is 4.21. The Morgan fingerprint density at radius 3 is 2.43 bits per heavy atom. The fourth-order valence-corrected chi connectivity index (χ4v) is 7.30. The molecule has 0 aliphatic carbocycles. The summed E-state index contributed by atoms with van der Waals surface area (Å²) in [6.07, 6.45) is 6.31. The van der Waals surface area contributed by atoms with E-state index in [0.29, 0.717) is 11.4 Å². The first-order valence-corrected chi connectivity index (χ1v) is 13.0. The van der Waals surface area contributed by atoms with Crippen LogP contribution in [0.3, 0.4) is 0 Å². The molecule has 28 heavy (non-hydrogen) atoms. The normalized spacial score (nSPS) is 12.6. The third-order valence-electron chi connectivity index (χ3n) is 4.47. The number of unbranched alkanes of at least 4 members (excludes halogenated alkanes) is 1. The van der Waals surface area contributed by atoms with Gasteiger partial charge in [0.2, 0.25) is 0 Å².